The van der Waals surface area contributed by atoms with Crippen molar-refractivity contribution in [1.82, 2.24) is 0 Å². The third-order valence-electron chi connectivity index (χ3n) is 3.81. The van der Waals surface area contributed by atoms with Crippen LogP contribution in [0.5, 0.6) is 5.75 Å². The number of rotatable bonds is 5. The van der Waals surface area contributed by atoms with Gasteiger partial charge < -0.3 is 10.2 Å². The highest BCUT2D eigenvalue weighted by Gasteiger charge is 2.16. The summed E-state index contributed by atoms with van der Waals surface area (Å²) < 4.78 is 41.0. The molecule has 5 nitrogen and oxygen atoms in total. The van der Waals surface area contributed by atoms with Crippen molar-refractivity contribution in [2.75, 3.05) is 4.72 Å². The van der Waals surface area contributed by atoms with Gasteiger partial charge in [0, 0.05) is 11.6 Å². The van der Waals surface area contributed by atoms with Crippen LogP contribution in [0.4, 0.5) is 10.1 Å². The molecule has 3 rings (SSSR count). The van der Waals surface area contributed by atoms with Crippen LogP contribution in [0.3, 0.4) is 0 Å². The number of phenols is 1. The summed E-state index contributed by atoms with van der Waals surface area (Å²) in [5, 5.41) is 18.8. The van der Waals surface area contributed by atoms with Crippen molar-refractivity contribution in [2.45, 2.75) is 11.5 Å². The van der Waals surface area contributed by atoms with Crippen molar-refractivity contribution in [3.63, 3.8) is 0 Å². The van der Waals surface area contributed by atoms with Crippen LogP contribution >= 0.6 is 0 Å². The lowest BCUT2D eigenvalue weighted by Crippen LogP contribution is -2.13. The Bertz CT molecular complexity index is 1050. The van der Waals surface area contributed by atoms with E-state index in [0.717, 1.165) is 0 Å². The van der Waals surface area contributed by atoms with E-state index in [9.17, 15) is 17.9 Å². The van der Waals surface area contributed by atoms with E-state index in [-0.39, 0.29) is 22.9 Å². The molecule has 3 aromatic carbocycles. The Hall–Kier alpha value is -2.90. The van der Waals surface area contributed by atoms with Gasteiger partial charge in [-0.25, -0.2) is 12.8 Å². The molecule has 26 heavy (non-hydrogen) atoms. The first kappa shape index (κ1) is 17.9. The van der Waals surface area contributed by atoms with E-state index < -0.39 is 15.8 Å². The number of aliphatic hydroxyl groups excluding tert-OH is 1. The summed E-state index contributed by atoms with van der Waals surface area (Å²) in [5.41, 5.74) is 1.58. The summed E-state index contributed by atoms with van der Waals surface area (Å²) in [6.07, 6.45) is 0. The molecule has 0 aliphatic carbocycles. The molecule has 0 saturated heterocycles. The average Bonchev–Trinajstić information content (AvgIpc) is 2.62. The molecule has 0 fully saturated rings. The largest absolute Gasteiger partial charge is 0.508 e. The van der Waals surface area contributed by atoms with Crippen molar-refractivity contribution in [3.8, 4) is 16.9 Å². The molecule has 0 aromatic heterocycles. The third-order valence-corrected chi connectivity index (χ3v) is 5.19. The zero-order valence-corrected chi connectivity index (χ0v) is 14.4. The second-order valence-electron chi connectivity index (χ2n) is 5.65. The van der Waals surface area contributed by atoms with Gasteiger partial charge in [0.15, 0.2) is 0 Å². The Morgan fingerprint density at radius 2 is 1.62 bits per heavy atom. The molecule has 0 amide bonds. The van der Waals surface area contributed by atoms with Gasteiger partial charge in [0.1, 0.15) is 11.6 Å². The van der Waals surface area contributed by atoms with Crippen LogP contribution in [-0.4, -0.2) is 18.6 Å². The van der Waals surface area contributed by atoms with Gasteiger partial charge in [0.05, 0.1) is 17.2 Å². The fraction of sp³-hybridized carbons (Fsp3) is 0.0526. The third kappa shape index (κ3) is 3.84. The first-order chi connectivity index (χ1) is 12.4. The van der Waals surface area contributed by atoms with Gasteiger partial charge in [0.2, 0.25) is 0 Å². The normalized spacial score (nSPS) is 11.3. The van der Waals surface area contributed by atoms with Crippen LogP contribution in [-0.2, 0) is 16.6 Å². The second kappa shape index (κ2) is 7.15. The molecule has 3 N–H and O–H groups in total. The smallest absolute Gasteiger partial charge is 0.261 e. The minimum absolute atomic E-state index is 0.00462. The number of hydrogen-bond acceptors (Lipinski definition) is 4. The number of aromatic hydroxyl groups is 1. The Kier molecular flexibility index (Phi) is 4.92. The van der Waals surface area contributed by atoms with Crippen LogP contribution in [0.1, 0.15) is 5.56 Å². The van der Waals surface area contributed by atoms with Crippen molar-refractivity contribution in [1.29, 1.82) is 0 Å². The molecule has 0 aliphatic rings. The molecule has 3 aromatic rings. The number of halogens is 1. The van der Waals surface area contributed by atoms with Gasteiger partial charge in [-0.1, -0.05) is 30.3 Å². The van der Waals surface area contributed by atoms with Crippen LogP contribution in [0.2, 0.25) is 0 Å². The van der Waals surface area contributed by atoms with Crippen LogP contribution in [0.15, 0.2) is 71.6 Å². The summed E-state index contributed by atoms with van der Waals surface area (Å²) in [4.78, 5) is 0.00462. The highest BCUT2D eigenvalue weighted by atomic mass is 32.2. The van der Waals surface area contributed by atoms with Crippen molar-refractivity contribution >= 4 is 15.7 Å². The molecule has 134 valence electrons. The van der Waals surface area contributed by atoms with Gasteiger partial charge in [-0.15, -0.1) is 0 Å². The highest BCUT2D eigenvalue weighted by Crippen LogP contribution is 2.26. The van der Waals surface area contributed by atoms with Crippen LogP contribution in [0.25, 0.3) is 11.1 Å². The van der Waals surface area contributed by atoms with Crippen molar-refractivity contribution in [2.24, 2.45) is 0 Å². The van der Waals surface area contributed by atoms with Gasteiger partial charge in [-0.05, 0) is 41.5 Å². The summed E-state index contributed by atoms with van der Waals surface area (Å²) in [6, 6.07) is 16.1. The summed E-state index contributed by atoms with van der Waals surface area (Å²) >= 11 is 0. The zero-order chi connectivity index (χ0) is 18.7. The van der Waals surface area contributed by atoms with Crippen LogP contribution < -0.4 is 4.72 Å². The van der Waals surface area contributed by atoms with Crippen molar-refractivity contribution in [3.05, 3.63) is 78.1 Å². The summed E-state index contributed by atoms with van der Waals surface area (Å²) in [6.45, 7) is -0.353. The molecule has 7 heteroatoms. The van der Waals surface area contributed by atoms with E-state index in [2.05, 4.69) is 4.72 Å². The lowest BCUT2D eigenvalue weighted by Gasteiger charge is -2.11. The molecule has 0 radical (unpaired) electrons. The molecule has 0 aliphatic heterocycles. The van der Waals surface area contributed by atoms with E-state index in [1.54, 1.807) is 24.3 Å². The number of sulfonamides is 1. The summed E-state index contributed by atoms with van der Waals surface area (Å²) in [5.74, 6) is -0.616. The number of benzene rings is 3. The van der Waals surface area contributed by atoms with Gasteiger partial charge in [0.25, 0.3) is 10.0 Å². The highest BCUT2D eigenvalue weighted by molar-refractivity contribution is 7.92. The SMILES string of the molecule is O=S(=O)(Nc1ccc(CO)c(O)c1)c1cccc(-c2cccc(F)c2)c1. The zero-order valence-electron chi connectivity index (χ0n) is 13.6. The Labute approximate surface area is 150 Å². The standard InChI is InChI=1S/C19H16FNO4S/c20-16-5-1-3-13(9-16)14-4-2-6-18(10-14)26(24,25)21-17-8-7-15(12-22)19(23)11-17/h1-11,21-23H,12H2. The Morgan fingerprint density at radius 1 is 0.923 bits per heavy atom. The lowest BCUT2D eigenvalue weighted by molar-refractivity contribution is 0.275. The topological polar surface area (TPSA) is 86.6 Å². The first-order valence-electron chi connectivity index (χ1n) is 7.70. The maximum Gasteiger partial charge on any atom is 0.261 e. The molecule has 0 atom stereocenters. The number of aliphatic hydroxyl groups is 1. The minimum Gasteiger partial charge on any atom is -0.508 e. The van der Waals surface area contributed by atoms with Gasteiger partial charge >= 0.3 is 0 Å². The van der Waals surface area contributed by atoms with E-state index in [4.69, 9.17) is 5.11 Å². The van der Waals surface area contributed by atoms with Crippen molar-refractivity contribution < 1.29 is 23.0 Å². The fourth-order valence-corrected chi connectivity index (χ4v) is 3.58. The Morgan fingerprint density at radius 3 is 2.27 bits per heavy atom. The van der Waals surface area contributed by atoms with E-state index in [1.807, 2.05) is 0 Å². The maximum absolute atomic E-state index is 13.4. The molecular weight excluding hydrogens is 357 g/mol. The van der Waals surface area contributed by atoms with Gasteiger partial charge in [-0.2, -0.15) is 0 Å². The second-order valence-corrected chi connectivity index (χ2v) is 7.33. The monoisotopic (exact) mass is 373 g/mol. The van der Waals surface area contributed by atoms with E-state index in [0.29, 0.717) is 16.7 Å². The number of nitrogens with one attached hydrogen (secondary N) is 1. The number of hydrogen-bond donors (Lipinski definition) is 3. The van der Waals surface area contributed by atoms with Gasteiger partial charge in [-0.3, -0.25) is 4.72 Å². The molecule has 0 spiro atoms. The molecule has 0 unspecified atom stereocenters. The summed E-state index contributed by atoms with van der Waals surface area (Å²) in [7, 11) is -3.91. The quantitative estimate of drug-likeness (QED) is 0.639. The number of anilines is 1. The first-order valence-corrected chi connectivity index (χ1v) is 9.19. The molecular formula is C19H16FNO4S. The predicted molar refractivity (Wildman–Crippen MR) is 96.7 cm³/mol. The molecule has 0 heterocycles. The Balaban J connectivity index is 1.92. The van der Waals surface area contributed by atoms with E-state index >= 15 is 0 Å². The minimum atomic E-state index is -3.91. The molecule has 0 bridgehead atoms. The fourth-order valence-electron chi connectivity index (χ4n) is 2.49. The predicted octanol–water partition coefficient (Wildman–Crippen LogP) is 3.49. The van der Waals surface area contributed by atoms with Crippen LogP contribution in [0, 0.1) is 5.82 Å². The maximum atomic E-state index is 13.4. The lowest BCUT2D eigenvalue weighted by atomic mass is 10.1. The molecule has 0 saturated carbocycles. The average molecular weight is 373 g/mol. The van der Waals surface area contributed by atoms with E-state index in [1.165, 1.54) is 42.5 Å².